The van der Waals surface area contributed by atoms with Gasteiger partial charge in [-0.25, -0.2) is 0 Å². The van der Waals surface area contributed by atoms with Crippen LogP contribution in [-0.2, 0) is 20.7 Å². The summed E-state index contributed by atoms with van der Waals surface area (Å²) < 4.78 is 5.16. The Morgan fingerprint density at radius 1 is 1.00 bits per heavy atom. The van der Waals surface area contributed by atoms with E-state index in [1.165, 1.54) is 0 Å². The molecular weight excluding hydrogens is 426 g/mol. The van der Waals surface area contributed by atoms with Crippen LogP contribution in [0.15, 0.2) is 54.6 Å². The van der Waals surface area contributed by atoms with Gasteiger partial charge in [0, 0.05) is 30.1 Å². The number of hydrogen-bond donors (Lipinski definition) is 3. The number of amides is 2. The van der Waals surface area contributed by atoms with Crippen molar-refractivity contribution in [2.45, 2.75) is 45.6 Å². The van der Waals surface area contributed by atoms with Crippen LogP contribution in [0.25, 0.3) is 0 Å². The Balaban J connectivity index is 1.67. The van der Waals surface area contributed by atoms with Gasteiger partial charge >= 0.3 is 5.97 Å². The van der Waals surface area contributed by atoms with Gasteiger partial charge in [0.05, 0.1) is 13.0 Å². The van der Waals surface area contributed by atoms with Crippen LogP contribution in [0.5, 0.6) is 0 Å². The van der Waals surface area contributed by atoms with E-state index < -0.39 is 5.97 Å². The van der Waals surface area contributed by atoms with Crippen LogP contribution in [0.4, 0.5) is 5.69 Å². The molecule has 3 N–H and O–H groups in total. The molecule has 2 aromatic carbocycles. The Morgan fingerprint density at radius 2 is 1.69 bits per heavy atom. The largest absolute Gasteiger partial charge is 0.465 e. The van der Waals surface area contributed by atoms with Crippen LogP contribution < -0.4 is 16.0 Å². The average molecular weight is 456 g/mol. The molecule has 0 radical (unpaired) electrons. The van der Waals surface area contributed by atoms with Crippen LogP contribution in [0, 0.1) is 0 Å². The monoisotopic (exact) mass is 455 g/mol. The first-order chi connectivity index (χ1) is 15.4. The van der Waals surface area contributed by atoms with Crippen molar-refractivity contribution in [1.82, 2.24) is 10.6 Å². The summed E-state index contributed by atoms with van der Waals surface area (Å²) in [7, 11) is 0. The molecule has 2 amide bonds. The number of nitrogens with one attached hydrogen (secondary N) is 3. The highest BCUT2D eigenvalue weighted by Gasteiger charge is 2.11. The lowest BCUT2D eigenvalue weighted by atomic mass is 10.1. The first-order valence-electron chi connectivity index (χ1n) is 10.6. The molecule has 0 fully saturated rings. The predicted octanol–water partition coefficient (Wildman–Crippen LogP) is 3.59. The number of carbonyl (C=O) groups is 3. The fourth-order valence-corrected chi connectivity index (χ4v) is 2.91. The molecule has 2 aromatic rings. The summed E-state index contributed by atoms with van der Waals surface area (Å²) in [5.41, 5.74) is 2.26. The van der Waals surface area contributed by atoms with Gasteiger partial charge in [-0.1, -0.05) is 37.3 Å². The smallest absolute Gasteiger partial charge is 0.306 e. The van der Waals surface area contributed by atoms with Crippen LogP contribution in [0.3, 0.4) is 0 Å². The van der Waals surface area contributed by atoms with Gasteiger partial charge in [0.2, 0.25) is 5.91 Å². The van der Waals surface area contributed by atoms with Crippen molar-refractivity contribution in [2.75, 3.05) is 11.9 Å². The molecule has 0 aliphatic carbocycles. The van der Waals surface area contributed by atoms with Crippen LogP contribution in [-0.4, -0.2) is 35.5 Å². The fraction of sp³-hybridized carbons (Fsp3) is 0.333. The normalized spacial score (nSPS) is 11.2. The lowest BCUT2D eigenvalue weighted by Gasteiger charge is -2.12. The number of ether oxygens (including phenoxy) is 1. The lowest BCUT2D eigenvalue weighted by molar-refractivity contribution is -0.144. The van der Waals surface area contributed by atoms with Gasteiger partial charge in [-0.05, 0) is 55.4 Å². The highest BCUT2D eigenvalue weighted by atomic mass is 32.1. The summed E-state index contributed by atoms with van der Waals surface area (Å²) in [4.78, 5) is 35.9. The molecular formula is C24H29N3O4S. The Kier molecular flexibility index (Phi) is 10.3. The quantitative estimate of drug-likeness (QED) is 0.374. The molecule has 7 nitrogen and oxygen atoms in total. The van der Waals surface area contributed by atoms with Crippen molar-refractivity contribution in [3.8, 4) is 0 Å². The van der Waals surface area contributed by atoms with Gasteiger partial charge in [-0.3, -0.25) is 14.4 Å². The molecule has 0 bridgehead atoms. The molecule has 0 spiro atoms. The zero-order valence-electron chi connectivity index (χ0n) is 18.4. The third-order valence-corrected chi connectivity index (χ3v) is 4.90. The summed E-state index contributed by atoms with van der Waals surface area (Å²) in [5.74, 6) is -0.953. The molecule has 0 aliphatic rings. The third kappa shape index (κ3) is 9.26. The molecule has 170 valence electrons. The molecule has 1 unspecified atom stereocenters. The van der Waals surface area contributed by atoms with Crippen molar-refractivity contribution in [1.29, 1.82) is 0 Å². The molecule has 0 heterocycles. The molecule has 2 rings (SSSR count). The molecule has 0 saturated carbocycles. The Bertz CT molecular complexity index is 917. The van der Waals surface area contributed by atoms with E-state index in [0.717, 1.165) is 12.0 Å². The zero-order valence-corrected chi connectivity index (χ0v) is 19.2. The van der Waals surface area contributed by atoms with Gasteiger partial charge in [-0.15, -0.1) is 0 Å². The van der Waals surface area contributed by atoms with Gasteiger partial charge in [0.15, 0.2) is 5.11 Å². The molecule has 0 aromatic heterocycles. The number of hydrogen-bond acceptors (Lipinski definition) is 5. The fourth-order valence-electron chi connectivity index (χ4n) is 2.68. The summed E-state index contributed by atoms with van der Waals surface area (Å²) in [6.45, 7) is 4.22. The maximum atomic E-state index is 12.1. The zero-order chi connectivity index (χ0) is 23.3. The number of anilines is 1. The van der Waals surface area contributed by atoms with Crippen LogP contribution in [0.2, 0.25) is 0 Å². The number of esters is 1. The van der Waals surface area contributed by atoms with Gasteiger partial charge < -0.3 is 20.7 Å². The molecule has 32 heavy (non-hydrogen) atoms. The second-order valence-corrected chi connectivity index (χ2v) is 7.73. The van der Waals surface area contributed by atoms with Crippen LogP contribution in [0.1, 0.15) is 49.0 Å². The van der Waals surface area contributed by atoms with E-state index >= 15 is 0 Å². The summed E-state index contributed by atoms with van der Waals surface area (Å²) in [6, 6.07) is 16.6. The highest BCUT2D eigenvalue weighted by Crippen LogP contribution is 2.10. The van der Waals surface area contributed by atoms with E-state index in [1.807, 2.05) is 44.2 Å². The second-order valence-electron chi connectivity index (χ2n) is 7.32. The standard InChI is InChI=1S/C24H29N3O4S/c1-3-17(2)25-23(30)19-9-11-20(12-10-19)26-24(32)27-21(28)13-14-22(29)31-16-15-18-7-5-4-6-8-18/h4-12,17H,3,13-16H2,1-2H3,(H,25,30)(H2,26,27,28,32). The minimum atomic E-state index is -0.429. The second kappa shape index (κ2) is 13.2. The Morgan fingerprint density at radius 3 is 2.34 bits per heavy atom. The van der Waals surface area contributed by atoms with E-state index in [9.17, 15) is 14.4 Å². The Hall–Kier alpha value is -3.26. The number of carbonyl (C=O) groups excluding carboxylic acids is 3. The van der Waals surface area contributed by atoms with Crippen molar-refractivity contribution in [3.05, 3.63) is 65.7 Å². The van der Waals surface area contributed by atoms with Crippen LogP contribution >= 0.6 is 12.2 Å². The number of benzene rings is 2. The molecule has 1 atom stereocenters. The lowest BCUT2D eigenvalue weighted by Crippen LogP contribution is -2.34. The topological polar surface area (TPSA) is 96.5 Å². The summed E-state index contributed by atoms with van der Waals surface area (Å²) in [5, 5.41) is 8.43. The van der Waals surface area contributed by atoms with E-state index in [4.69, 9.17) is 17.0 Å². The van der Waals surface area contributed by atoms with Crippen molar-refractivity contribution in [3.63, 3.8) is 0 Å². The van der Waals surface area contributed by atoms with E-state index in [0.29, 0.717) is 17.7 Å². The van der Waals surface area contributed by atoms with E-state index in [2.05, 4.69) is 16.0 Å². The number of thiocarbonyl (C=S) groups is 1. The molecule has 8 heteroatoms. The number of rotatable bonds is 10. The maximum absolute atomic E-state index is 12.1. The maximum Gasteiger partial charge on any atom is 0.306 e. The van der Waals surface area contributed by atoms with Crippen molar-refractivity contribution in [2.24, 2.45) is 0 Å². The van der Waals surface area contributed by atoms with Gasteiger partial charge in [0.25, 0.3) is 5.91 Å². The first kappa shape index (κ1) is 25.0. The highest BCUT2D eigenvalue weighted by molar-refractivity contribution is 7.80. The first-order valence-corrected chi connectivity index (χ1v) is 11.0. The van der Waals surface area contributed by atoms with E-state index in [1.54, 1.807) is 24.3 Å². The predicted molar refractivity (Wildman–Crippen MR) is 128 cm³/mol. The average Bonchev–Trinajstić information content (AvgIpc) is 2.78. The Labute approximate surface area is 193 Å². The SMILES string of the molecule is CCC(C)NC(=O)c1ccc(NC(=S)NC(=O)CCC(=O)OCCc2ccccc2)cc1. The van der Waals surface area contributed by atoms with E-state index in [-0.39, 0.29) is 42.4 Å². The molecule has 0 aliphatic heterocycles. The van der Waals surface area contributed by atoms with Crippen molar-refractivity contribution >= 4 is 40.8 Å². The third-order valence-electron chi connectivity index (χ3n) is 4.70. The summed E-state index contributed by atoms with van der Waals surface area (Å²) in [6.07, 6.45) is 1.43. The van der Waals surface area contributed by atoms with Gasteiger partial charge in [-0.2, -0.15) is 0 Å². The van der Waals surface area contributed by atoms with Gasteiger partial charge in [0.1, 0.15) is 0 Å². The summed E-state index contributed by atoms with van der Waals surface area (Å²) >= 11 is 5.13. The van der Waals surface area contributed by atoms with Crippen molar-refractivity contribution < 1.29 is 19.1 Å². The minimum absolute atomic E-state index is 0.0246. The minimum Gasteiger partial charge on any atom is -0.465 e. The molecule has 0 saturated heterocycles.